The number of hydrogen-bond donors (Lipinski definition) is 4. The largest absolute Gasteiger partial charge is 0.508 e. The van der Waals surface area contributed by atoms with Crippen LogP contribution in [0.15, 0.2) is 29.3 Å². The number of hydrogen-bond acceptors (Lipinski definition) is 4. The fourth-order valence-electron chi connectivity index (χ4n) is 2.68. The van der Waals surface area contributed by atoms with E-state index in [9.17, 15) is 9.90 Å². The number of nitrogens with one attached hydrogen (secondary N) is 3. The molecule has 0 bridgehead atoms. The lowest BCUT2D eigenvalue weighted by molar-refractivity contribution is -0.114. The molecule has 0 aliphatic carbocycles. The van der Waals surface area contributed by atoms with Crippen molar-refractivity contribution in [3.05, 3.63) is 24.3 Å². The summed E-state index contributed by atoms with van der Waals surface area (Å²) in [5, 5.41) is 18.6. The van der Waals surface area contributed by atoms with Gasteiger partial charge >= 0.3 is 0 Å². The quantitative estimate of drug-likeness (QED) is 0.161. The number of anilines is 1. The van der Waals surface area contributed by atoms with Crippen LogP contribution in [0.4, 0.5) is 5.69 Å². The molecule has 0 aliphatic rings. The highest BCUT2D eigenvalue weighted by molar-refractivity contribution is 14.0. The number of nitrogens with zero attached hydrogens (tertiary/aromatic N) is 2. The maximum atomic E-state index is 12.1. The standard InChI is InChI=1S/C20H35N5O2.HI/c1-5-21-20(23-16(4)9-8-14-25(6-2)7-3)22-15-19(27)24-17-10-12-18(26)13-11-17;/h10-13,16,26H,5-9,14-15H2,1-4H3,(H,24,27)(H2,21,22,23);1H. The number of aromatic hydroxyl groups is 1. The molecule has 0 saturated carbocycles. The molecule has 1 unspecified atom stereocenters. The first-order valence-corrected chi connectivity index (χ1v) is 9.84. The summed E-state index contributed by atoms with van der Waals surface area (Å²) in [5.41, 5.74) is 0.635. The number of phenols is 1. The third-order valence-corrected chi connectivity index (χ3v) is 4.27. The van der Waals surface area contributed by atoms with Crippen molar-refractivity contribution in [3.8, 4) is 5.75 Å². The van der Waals surface area contributed by atoms with E-state index in [1.54, 1.807) is 12.1 Å². The molecule has 1 rings (SSSR count). The van der Waals surface area contributed by atoms with Crippen LogP contribution in [-0.4, -0.2) is 60.6 Å². The molecule has 1 aromatic rings. The Kier molecular flexibility index (Phi) is 14.5. The second kappa shape index (κ2) is 15.4. The van der Waals surface area contributed by atoms with Gasteiger partial charge in [0, 0.05) is 18.3 Å². The monoisotopic (exact) mass is 505 g/mol. The number of carbonyl (C=O) groups is 1. The molecule has 0 aromatic heterocycles. The maximum absolute atomic E-state index is 12.1. The van der Waals surface area contributed by atoms with Gasteiger partial charge in [0.15, 0.2) is 5.96 Å². The van der Waals surface area contributed by atoms with Crippen LogP contribution in [0, 0.1) is 0 Å². The number of aliphatic imine (C=N–C) groups is 1. The number of rotatable bonds is 11. The second-order valence-corrected chi connectivity index (χ2v) is 6.50. The van der Waals surface area contributed by atoms with Gasteiger partial charge in [0.1, 0.15) is 12.3 Å². The van der Waals surface area contributed by atoms with Crippen molar-refractivity contribution in [2.45, 2.75) is 46.6 Å². The van der Waals surface area contributed by atoms with Crippen LogP contribution in [0.25, 0.3) is 0 Å². The second-order valence-electron chi connectivity index (χ2n) is 6.50. The average molecular weight is 505 g/mol. The molecule has 0 fully saturated rings. The SMILES string of the molecule is CCNC(=NCC(=O)Nc1ccc(O)cc1)NC(C)CCCN(CC)CC.I. The first-order chi connectivity index (χ1) is 13.0. The van der Waals surface area contributed by atoms with Gasteiger partial charge < -0.3 is 26.0 Å². The molecule has 28 heavy (non-hydrogen) atoms. The van der Waals surface area contributed by atoms with E-state index in [2.05, 4.69) is 46.6 Å². The highest BCUT2D eigenvalue weighted by atomic mass is 127. The third kappa shape index (κ3) is 11.3. The van der Waals surface area contributed by atoms with E-state index in [-0.39, 0.29) is 48.2 Å². The van der Waals surface area contributed by atoms with E-state index in [0.29, 0.717) is 11.6 Å². The lowest BCUT2D eigenvalue weighted by Gasteiger charge is -2.21. The predicted octanol–water partition coefficient (Wildman–Crippen LogP) is 3.01. The highest BCUT2D eigenvalue weighted by Crippen LogP contribution is 2.13. The Morgan fingerprint density at radius 1 is 1.18 bits per heavy atom. The summed E-state index contributed by atoms with van der Waals surface area (Å²) < 4.78 is 0. The van der Waals surface area contributed by atoms with Crippen molar-refractivity contribution < 1.29 is 9.90 Å². The predicted molar refractivity (Wildman–Crippen MR) is 128 cm³/mol. The van der Waals surface area contributed by atoms with Gasteiger partial charge in [0.05, 0.1) is 0 Å². The van der Waals surface area contributed by atoms with E-state index < -0.39 is 0 Å². The van der Waals surface area contributed by atoms with Crippen molar-refractivity contribution in [2.75, 3.05) is 38.0 Å². The van der Waals surface area contributed by atoms with E-state index in [1.807, 2.05) is 6.92 Å². The average Bonchev–Trinajstić information content (AvgIpc) is 2.65. The molecule has 1 aromatic carbocycles. The summed E-state index contributed by atoms with van der Waals surface area (Å²) in [4.78, 5) is 18.8. The minimum atomic E-state index is -0.202. The van der Waals surface area contributed by atoms with Gasteiger partial charge in [-0.25, -0.2) is 4.99 Å². The number of carbonyl (C=O) groups excluding carboxylic acids is 1. The molecule has 8 heteroatoms. The Labute approximate surface area is 186 Å². The Hall–Kier alpha value is -1.55. The van der Waals surface area contributed by atoms with Crippen LogP contribution in [0.5, 0.6) is 5.75 Å². The fourth-order valence-corrected chi connectivity index (χ4v) is 2.68. The van der Waals surface area contributed by atoms with Crippen LogP contribution in [0.2, 0.25) is 0 Å². The zero-order valence-corrected chi connectivity index (χ0v) is 19.8. The lowest BCUT2D eigenvalue weighted by atomic mass is 10.2. The Balaban J connectivity index is 0.00000729. The zero-order valence-electron chi connectivity index (χ0n) is 17.5. The van der Waals surface area contributed by atoms with Crippen LogP contribution in [0.1, 0.15) is 40.5 Å². The normalized spacial score (nSPS) is 12.2. The summed E-state index contributed by atoms with van der Waals surface area (Å²) in [5.74, 6) is 0.611. The fraction of sp³-hybridized carbons (Fsp3) is 0.600. The maximum Gasteiger partial charge on any atom is 0.246 e. The van der Waals surface area contributed by atoms with Gasteiger partial charge in [-0.3, -0.25) is 4.79 Å². The molecule has 1 atom stereocenters. The molecule has 0 heterocycles. The topological polar surface area (TPSA) is 89.0 Å². The minimum Gasteiger partial charge on any atom is -0.508 e. The van der Waals surface area contributed by atoms with Crippen molar-refractivity contribution in [3.63, 3.8) is 0 Å². The van der Waals surface area contributed by atoms with E-state index in [0.717, 1.165) is 39.0 Å². The Bertz CT molecular complexity index is 576. The van der Waals surface area contributed by atoms with Crippen LogP contribution >= 0.6 is 24.0 Å². The smallest absolute Gasteiger partial charge is 0.246 e. The number of guanidine groups is 1. The van der Waals surface area contributed by atoms with Gasteiger partial charge in [-0.15, -0.1) is 24.0 Å². The molecule has 0 saturated heterocycles. The van der Waals surface area contributed by atoms with Crippen molar-refractivity contribution in [1.82, 2.24) is 15.5 Å². The first kappa shape index (κ1) is 26.4. The van der Waals surface area contributed by atoms with Gasteiger partial charge in [0.2, 0.25) is 5.91 Å². The minimum absolute atomic E-state index is 0. The number of halogens is 1. The van der Waals surface area contributed by atoms with Crippen LogP contribution in [0.3, 0.4) is 0 Å². The van der Waals surface area contributed by atoms with E-state index in [1.165, 1.54) is 12.1 Å². The molecule has 0 spiro atoms. The van der Waals surface area contributed by atoms with Crippen molar-refractivity contribution in [2.24, 2.45) is 4.99 Å². The third-order valence-electron chi connectivity index (χ3n) is 4.27. The molecule has 7 nitrogen and oxygen atoms in total. The molecular formula is C20H36IN5O2. The van der Waals surface area contributed by atoms with Crippen LogP contribution in [-0.2, 0) is 4.79 Å². The van der Waals surface area contributed by atoms with E-state index >= 15 is 0 Å². The molecule has 1 amide bonds. The first-order valence-electron chi connectivity index (χ1n) is 9.84. The van der Waals surface area contributed by atoms with Crippen molar-refractivity contribution >= 4 is 41.5 Å². The lowest BCUT2D eigenvalue weighted by Crippen LogP contribution is -2.43. The zero-order chi connectivity index (χ0) is 20.1. The Morgan fingerprint density at radius 2 is 1.82 bits per heavy atom. The molecule has 0 radical (unpaired) electrons. The summed E-state index contributed by atoms with van der Waals surface area (Å²) >= 11 is 0. The van der Waals surface area contributed by atoms with Gasteiger partial charge in [-0.2, -0.15) is 0 Å². The van der Waals surface area contributed by atoms with E-state index in [4.69, 9.17) is 0 Å². The summed E-state index contributed by atoms with van der Waals surface area (Å²) in [7, 11) is 0. The summed E-state index contributed by atoms with van der Waals surface area (Å²) in [6, 6.07) is 6.64. The highest BCUT2D eigenvalue weighted by Gasteiger charge is 2.08. The molecule has 160 valence electrons. The Morgan fingerprint density at radius 3 is 2.39 bits per heavy atom. The summed E-state index contributed by atoms with van der Waals surface area (Å²) in [6.45, 7) is 12.5. The number of benzene rings is 1. The van der Waals surface area contributed by atoms with Crippen molar-refractivity contribution in [1.29, 1.82) is 0 Å². The van der Waals surface area contributed by atoms with Gasteiger partial charge in [0.25, 0.3) is 0 Å². The van der Waals surface area contributed by atoms with Crippen LogP contribution < -0.4 is 16.0 Å². The number of amides is 1. The molecular weight excluding hydrogens is 469 g/mol. The molecule has 4 N–H and O–H groups in total. The van der Waals surface area contributed by atoms with Gasteiger partial charge in [-0.05, 0) is 70.6 Å². The number of phenolic OH excluding ortho intramolecular Hbond substituents is 1. The van der Waals surface area contributed by atoms with Gasteiger partial charge in [-0.1, -0.05) is 13.8 Å². The summed E-state index contributed by atoms with van der Waals surface area (Å²) in [6.07, 6.45) is 2.16. The molecule has 0 aliphatic heterocycles.